The maximum Gasteiger partial charge on any atom is 0.254 e. The fraction of sp³-hybridized carbons (Fsp3) is 0.136. The molecule has 2 aromatic carbocycles. The number of nitrogens with zero attached hydrogens (tertiary/aromatic N) is 1. The van der Waals surface area contributed by atoms with E-state index in [-0.39, 0.29) is 5.91 Å². The van der Waals surface area contributed by atoms with E-state index in [4.69, 9.17) is 4.42 Å². The number of carbonyl (C=O) groups excluding carboxylic acids is 1. The highest BCUT2D eigenvalue weighted by Gasteiger charge is 2.18. The van der Waals surface area contributed by atoms with Crippen LogP contribution in [-0.4, -0.2) is 17.4 Å². The van der Waals surface area contributed by atoms with Gasteiger partial charge in [0.2, 0.25) is 0 Å². The standard InChI is InChI=1S/C22H19NO2S/c24-22(19-10-9-17-5-1-2-6-18(17)15-19)23(16-20-7-3-13-25-20)12-11-21-8-4-14-26-21/h1-10,13-15H,11-12,16H2. The molecule has 0 N–H and O–H groups in total. The molecule has 4 heteroatoms. The Kier molecular flexibility index (Phi) is 4.84. The SMILES string of the molecule is O=C(c1ccc2ccccc2c1)N(CCc1cccs1)Cc1ccco1. The third-order valence-corrected chi connectivity index (χ3v) is 5.35. The minimum Gasteiger partial charge on any atom is -0.467 e. The predicted octanol–water partition coefficient (Wildman–Crippen LogP) is 5.38. The van der Waals surface area contributed by atoms with Crippen molar-refractivity contribution in [3.8, 4) is 0 Å². The first-order chi connectivity index (χ1) is 12.8. The van der Waals surface area contributed by atoms with Gasteiger partial charge in [0.05, 0.1) is 12.8 Å². The van der Waals surface area contributed by atoms with Gasteiger partial charge in [0, 0.05) is 17.0 Å². The summed E-state index contributed by atoms with van der Waals surface area (Å²) in [5.74, 6) is 0.828. The lowest BCUT2D eigenvalue weighted by Crippen LogP contribution is -2.32. The summed E-state index contributed by atoms with van der Waals surface area (Å²) in [6.45, 7) is 1.14. The quantitative estimate of drug-likeness (QED) is 0.462. The zero-order valence-electron chi connectivity index (χ0n) is 14.3. The maximum atomic E-state index is 13.2. The van der Waals surface area contributed by atoms with Crippen LogP contribution in [0.15, 0.2) is 82.8 Å². The molecule has 0 saturated carbocycles. The topological polar surface area (TPSA) is 33.5 Å². The van der Waals surface area contributed by atoms with Crippen molar-refractivity contribution in [3.63, 3.8) is 0 Å². The minimum atomic E-state index is 0.0312. The highest BCUT2D eigenvalue weighted by molar-refractivity contribution is 7.09. The van der Waals surface area contributed by atoms with E-state index in [1.165, 1.54) is 4.88 Å². The molecule has 130 valence electrons. The zero-order chi connectivity index (χ0) is 17.8. The van der Waals surface area contributed by atoms with Gasteiger partial charge in [-0.05, 0) is 52.9 Å². The predicted molar refractivity (Wildman–Crippen MR) is 105 cm³/mol. The first-order valence-corrected chi connectivity index (χ1v) is 9.50. The van der Waals surface area contributed by atoms with Crippen LogP contribution in [0.3, 0.4) is 0 Å². The van der Waals surface area contributed by atoms with Crippen LogP contribution in [0.5, 0.6) is 0 Å². The van der Waals surface area contributed by atoms with E-state index in [2.05, 4.69) is 17.5 Å². The number of hydrogen-bond acceptors (Lipinski definition) is 3. The number of carbonyl (C=O) groups is 1. The highest BCUT2D eigenvalue weighted by atomic mass is 32.1. The van der Waals surface area contributed by atoms with Crippen molar-refractivity contribution in [1.82, 2.24) is 4.90 Å². The summed E-state index contributed by atoms with van der Waals surface area (Å²) in [7, 11) is 0. The average molecular weight is 361 g/mol. The number of rotatable bonds is 6. The Hall–Kier alpha value is -2.85. The first-order valence-electron chi connectivity index (χ1n) is 8.62. The monoisotopic (exact) mass is 361 g/mol. The van der Waals surface area contributed by atoms with Crippen molar-refractivity contribution >= 4 is 28.0 Å². The second kappa shape index (κ2) is 7.58. The molecule has 0 aliphatic carbocycles. The second-order valence-corrected chi connectivity index (χ2v) is 7.23. The molecule has 0 unspecified atom stereocenters. The van der Waals surface area contributed by atoms with Crippen LogP contribution in [-0.2, 0) is 13.0 Å². The normalized spacial score (nSPS) is 10.9. The summed E-state index contributed by atoms with van der Waals surface area (Å²) in [6.07, 6.45) is 2.49. The van der Waals surface area contributed by atoms with E-state index >= 15 is 0 Å². The van der Waals surface area contributed by atoms with Gasteiger partial charge >= 0.3 is 0 Å². The van der Waals surface area contributed by atoms with Crippen molar-refractivity contribution in [1.29, 1.82) is 0 Å². The van der Waals surface area contributed by atoms with Crippen molar-refractivity contribution in [2.24, 2.45) is 0 Å². The molecule has 0 radical (unpaired) electrons. The Morgan fingerprint density at radius 3 is 2.62 bits per heavy atom. The molecule has 0 aliphatic heterocycles. The van der Waals surface area contributed by atoms with Gasteiger partial charge in [-0.15, -0.1) is 11.3 Å². The molecule has 0 bridgehead atoms. The van der Waals surface area contributed by atoms with Crippen LogP contribution in [0.4, 0.5) is 0 Å². The van der Waals surface area contributed by atoms with Crippen LogP contribution >= 0.6 is 11.3 Å². The Bertz CT molecular complexity index is 990. The van der Waals surface area contributed by atoms with Crippen LogP contribution in [0.25, 0.3) is 10.8 Å². The molecule has 0 saturated heterocycles. The molecule has 1 amide bonds. The maximum absolute atomic E-state index is 13.2. The Morgan fingerprint density at radius 2 is 1.85 bits per heavy atom. The number of fused-ring (bicyclic) bond motifs is 1. The van der Waals surface area contributed by atoms with Crippen molar-refractivity contribution in [2.45, 2.75) is 13.0 Å². The Balaban J connectivity index is 1.58. The molecule has 0 fully saturated rings. The first kappa shape index (κ1) is 16.6. The molecule has 3 nitrogen and oxygen atoms in total. The van der Waals surface area contributed by atoms with Crippen LogP contribution in [0, 0.1) is 0 Å². The van der Waals surface area contributed by atoms with Crippen molar-refractivity contribution in [3.05, 3.63) is 94.6 Å². The summed E-state index contributed by atoms with van der Waals surface area (Å²) in [6, 6.07) is 21.9. The molecule has 0 atom stereocenters. The van der Waals surface area contributed by atoms with Gasteiger partial charge < -0.3 is 9.32 Å². The molecular formula is C22H19NO2S. The van der Waals surface area contributed by atoms with Gasteiger partial charge in [0.25, 0.3) is 5.91 Å². The van der Waals surface area contributed by atoms with Crippen molar-refractivity contribution in [2.75, 3.05) is 6.54 Å². The fourth-order valence-electron chi connectivity index (χ4n) is 3.05. The lowest BCUT2D eigenvalue weighted by Gasteiger charge is -2.22. The average Bonchev–Trinajstić information content (AvgIpc) is 3.38. The second-order valence-electron chi connectivity index (χ2n) is 6.20. The summed E-state index contributed by atoms with van der Waals surface area (Å²) in [4.78, 5) is 16.3. The van der Waals surface area contributed by atoms with E-state index in [9.17, 15) is 4.79 Å². The van der Waals surface area contributed by atoms with Crippen LogP contribution in [0.2, 0.25) is 0 Å². The molecule has 4 rings (SSSR count). The third-order valence-electron chi connectivity index (χ3n) is 4.42. The van der Waals surface area contributed by atoms with E-state index in [1.807, 2.05) is 59.5 Å². The van der Waals surface area contributed by atoms with Gasteiger partial charge in [-0.2, -0.15) is 0 Å². The lowest BCUT2D eigenvalue weighted by atomic mass is 10.1. The molecule has 2 heterocycles. The van der Waals surface area contributed by atoms with Gasteiger partial charge in [-0.1, -0.05) is 36.4 Å². The number of hydrogen-bond donors (Lipinski definition) is 0. The molecule has 26 heavy (non-hydrogen) atoms. The number of furan rings is 1. The van der Waals surface area contributed by atoms with Gasteiger partial charge in [-0.3, -0.25) is 4.79 Å². The highest BCUT2D eigenvalue weighted by Crippen LogP contribution is 2.19. The van der Waals surface area contributed by atoms with Crippen molar-refractivity contribution < 1.29 is 9.21 Å². The number of thiophene rings is 1. The molecule has 0 spiro atoms. The van der Waals surface area contributed by atoms with Gasteiger partial charge in [0.1, 0.15) is 5.76 Å². The molecular weight excluding hydrogens is 342 g/mol. The van der Waals surface area contributed by atoms with E-state index in [0.29, 0.717) is 18.7 Å². The van der Waals surface area contributed by atoms with E-state index in [1.54, 1.807) is 17.6 Å². The lowest BCUT2D eigenvalue weighted by molar-refractivity contribution is 0.0734. The number of amides is 1. The molecule has 2 aromatic heterocycles. The summed E-state index contributed by atoms with van der Waals surface area (Å²) >= 11 is 1.72. The summed E-state index contributed by atoms with van der Waals surface area (Å²) < 4.78 is 5.47. The molecule has 0 aliphatic rings. The number of benzene rings is 2. The van der Waals surface area contributed by atoms with Gasteiger partial charge in [-0.25, -0.2) is 0 Å². The smallest absolute Gasteiger partial charge is 0.254 e. The fourth-order valence-corrected chi connectivity index (χ4v) is 3.75. The van der Waals surface area contributed by atoms with Gasteiger partial charge in [0.15, 0.2) is 0 Å². The zero-order valence-corrected chi connectivity index (χ0v) is 15.1. The minimum absolute atomic E-state index is 0.0312. The Morgan fingerprint density at radius 1 is 0.962 bits per heavy atom. The van der Waals surface area contributed by atoms with Crippen LogP contribution < -0.4 is 0 Å². The van der Waals surface area contributed by atoms with E-state index in [0.717, 1.165) is 23.0 Å². The molecule has 4 aromatic rings. The largest absolute Gasteiger partial charge is 0.467 e. The Labute approximate surface area is 156 Å². The van der Waals surface area contributed by atoms with Crippen LogP contribution in [0.1, 0.15) is 21.0 Å². The third kappa shape index (κ3) is 3.70. The summed E-state index contributed by atoms with van der Waals surface area (Å²) in [5.41, 5.74) is 0.710. The summed E-state index contributed by atoms with van der Waals surface area (Å²) in [5, 5.41) is 4.28. The van der Waals surface area contributed by atoms with E-state index < -0.39 is 0 Å².